The van der Waals surface area contributed by atoms with Gasteiger partial charge >= 0.3 is 0 Å². The van der Waals surface area contributed by atoms with Crippen LogP contribution in [-0.4, -0.2) is 29.9 Å². The average Bonchev–Trinajstić information content (AvgIpc) is 2.97. The number of hydrogen-bond donors (Lipinski definition) is 2. The number of rotatable bonds is 6. The predicted molar refractivity (Wildman–Crippen MR) is 128 cm³/mol. The highest BCUT2D eigenvalue weighted by atomic mass is 127. The molecule has 2 amide bonds. The number of halogens is 2. The Morgan fingerprint density at radius 1 is 1.38 bits per heavy atom. The topological polar surface area (TPSA) is 76.7 Å². The second-order valence-electron chi connectivity index (χ2n) is 5.73. The van der Waals surface area contributed by atoms with Crippen LogP contribution in [0.25, 0.3) is 6.08 Å². The molecule has 29 heavy (non-hydrogen) atoms. The molecule has 0 aliphatic carbocycles. The first-order valence-corrected chi connectivity index (χ1v) is 10.8. The molecule has 0 atom stereocenters. The van der Waals surface area contributed by atoms with Crippen molar-refractivity contribution in [2.75, 3.05) is 19.0 Å². The van der Waals surface area contributed by atoms with Crippen molar-refractivity contribution in [1.82, 2.24) is 5.32 Å². The van der Waals surface area contributed by atoms with E-state index in [-0.39, 0.29) is 18.4 Å². The number of thioether (sulfide) groups is 1. The van der Waals surface area contributed by atoms with E-state index in [1.165, 1.54) is 18.9 Å². The minimum atomic E-state index is -0.330. The monoisotopic (exact) mass is 560 g/mol. The number of nitrogens with one attached hydrogen (secondary N) is 2. The lowest BCUT2D eigenvalue weighted by Gasteiger charge is -2.14. The van der Waals surface area contributed by atoms with Crippen molar-refractivity contribution in [3.8, 4) is 11.5 Å². The van der Waals surface area contributed by atoms with Gasteiger partial charge in [-0.3, -0.25) is 9.59 Å². The Morgan fingerprint density at radius 2 is 2.17 bits per heavy atom. The van der Waals surface area contributed by atoms with Crippen LogP contribution in [0.3, 0.4) is 0 Å². The fourth-order valence-corrected chi connectivity index (χ4v) is 4.45. The molecule has 1 aliphatic heterocycles. The Kier molecular flexibility index (Phi) is 7.38. The Balaban J connectivity index is 1.72. The van der Waals surface area contributed by atoms with Crippen LogP contribution in [0.5, 0.6) is 11.5 Å². The summed E-state index contributed by atoms with van der Waals surface area (Å²) in [5.41, 5.74) is 1.34. The number of carbonyl (C=O) groups is 2. The van der Waals surface area contributed by atoms with E-state index in [0.29, 0.717) is 31.4 Å². The summed E-state index contributed by atoms with van der Waals surface area (Å²) in [6.45, 7) is -0.203. The summed E-state index contributed by atoms with van der Waals surface area (Å²) >= 11 is 14.2. The summed E-state index contributed by atoms with van der Waals surface area (Å²) in [6, 6.07) is 10.4. The van der Waals surface area contributed by atoms with Crippen LogP contribution in [-0.2, 0) is 9.59 Å². The van der Waals surface area contributed by atoms with Gasteiger partial charge in [-0.2, -0.15) is 0 Å². The smallest absolute Gasteiger partial charge is 0.263 e. The molecule has 6 nitrogen and oxygen atoms in total. The number of amides is 2. The molecule has 0 saturated carbocycles. The molecule has 150 valence electrons. The number of carbonyl (C=O) groups excluding carboxylic acids is 2. The minimum Gasteiger partial charge on any atom is -0.493 e. The average molecular weight is 561 g/mol. The molecular weight excluding hydrogens is 547 g/mol. The predicted octanol–water partition coefficient (Wildman–Crippen LogP) is 4.46. The number of ether oxygens (including phenoxy) is 2. The summed E-state index contributed by atoms with van der Waals surface area (Å²) in [6.07, 6.45) is 1.72. The van der Waals surface area contributed by atoms with Gasteiger partial charge in [0.25, 0.3) is 11.8 Å². The zero-order chi connectivity index (χ0) is 21.0. The first kappa shape index (κ1) is 21.9. The van der Waals surface area contributed by atoms with Gasteiger partial charge in [-0.25, -0.2) is 0 Å². The molecule has 2 N–H and O–H groups in total. The van der Waals surface area contributed by atoms with Gasteiger partial charge in [-0.1, -0.05) is 41.6 Å². The van der Waals surface area contributed by atoms with Crippen molar-refractivity contribution in [3.05, 3.63) is 55.5 Å². The maximum atomic E-state index is 12.2. The van der Waals surface area contributed by atoms with Crippen molar-refractivity contribution >= 4 is 86.1 Å². The van der Waals surface area contributed by atoms with E-state index in [4.69, 9.17) is 33.3 Å². The first-order chi connectivity index (χ1) is 13.9. The van der Waals surface area contributed by atoms with Gasteiger partial charge in [0.05, 0.1) is 15.6 Å². The van der Waals surface area contributed by atoms with E-state index in [1.807, 2.05) is 6.07 Å². The van der Waals surface area contributed by atoms with Gasteiger partial charge in [0.15, 0.2) is 18.1 Å². The number of hydrogen-bond acceptors (Lipinski definition) is 6. The van der Waals surface area contributed by atoms with Crippen molar-refractivity contribution in [3.63, 3.8) is 0 Å². The molecule has 1 heterocycles. The SMILES string of the molecule is COc1cc(/C=C2\SC(=S)NC2=O)cc(I)c1OCC(=O)Nc1cccc(Cl)c1. The highest BCUT2D eigenvalue weighted by Crippen LogP contribution is 2.36. The van der Waals surface area contributed by atoms with E-state index in [1.54, 1.807) is 36.4 Å². The molecule has 10 heteroatoms. The van der Waals surface area contributed by atoms with Crippen LogP contribution in [0.4, 0.5) is 5.69 Å². The lowest BCUT2D eigenvalue weighted by atomic mass is 10.2. The van der Waals surface area contributed by atoms with Crippen LogP contribution in [0, 0.1) is 3.57 Å². The standard InChI is InChI=1S/C19H14ClIN2O4S2/c1-26-14-6-10(7-15-18(25)23-19(28)29-15)5-13(21)17(14)27-9-16(24)22-12-4-2-3-11(20)8-12/h2-8H,9H2,1H3,(H,22,24)(H,23,25,28)/b15-7-. The zero-order valence-corrected chi connectivity index (χ0v) is 19.5. The number of methoxy groups -OCH3 is 1. The van der Waals surface area contributed by atoms with Gasteiger partial charge in [0.2, 0.25) is 0 Å². The maximum absolute atomic E-state index is 12.2. The number of anilines is 1. The molecule has 1 fully saturated rings. The Labute approximate surface area is 195 Å². The third-order valence-electron chi connectivity index (χ3n) is 3.65. The van der Waals surface area contributed by atoms with Crippen LogP contribution < -0.4 is 20.1 Å². The van der Waals surface area contributed by atoms with Crippen LogP contribution in [0.1, 0.15) is 5.56 Å². The molecular formula is C19H14ClIN2O4S2. The van der Waals surface area contributed by atoms with Crippen molar-refractivity contribution in [2.24, 2.45) is 0 Å². The van der Waals surface area contributed by atoms with Gasteiger partial charge in [-0.05, 0) is 64.6 Å². The fraction of sp³-hybridized carbons (Fsp3) is 0.105. The van der Waals surface area contributed by atoms with E-state index in [2.05, 4.69) is 33.2 Å². The fourth-order valence-electron chi connectivity index (χ4n) is 2.44. The van der Waals surface area contributed by atoms with Gasteiger partial charge in [0, 0.05) is 10.7 Å². The molecule has 1 saturated heterocycles. The Hall–Kier alpha value is -1.82. The summed E-state index contributed by atoms with van der Waals surface area (Å²) in [5.74, 6) is 0.330. The van der Waals surface area contributed by atoms with Gasteiger partial charge < -0.3 is 20.1 Å². The molecule has 0 unspecified atom stereocenters. The largest absolute Gasteiger partial charge is 0.493 e. The number of thiocarbonyl (C=S) groups is 1. The normalized spacial score (nSPS) is 14.7. The van der Waals surface area contributed by atoms with Crippen LogP contribution in [0.2, 0.25) is 5.02 Å². The highest BCUT2D eigenvalue weighted by Gasteiger charge is 2.22. The second-order valence-corrected chi connectivity index (χ2v) is 9.05. The van der Waals surface area contributed by atoms with Gasteiger partial charge in [0.1, 0.15) is 4.32 Å². The molecule has 3 rings (SSSR count). The third-order valence-corrected chi connectivity index (χ3v) is 5.85. The Morgan fingerprint density at radius 3 is 2.83 bits per heavy atom. The quantitative estimate of drug-likeness (QED) is 0.309. The molecule has 1 aliphatic rings. The maximum Gasteiger partial charge on any atom is 0.263 e. The Bertz CT molecular complexity index is 1030. The highest BCUT2D eigenvalue weighted by molar-refractivity contribution is 14.1. The summed E-state index contributed by atoms with van der Waals surface area (Å²) < 4.78 is 12.2. The summed E-state index contributed by atoms with van der Waals surface area (Å²) in [4.78, 5) is 24.5. The molecule has 0 spiro atoms. The number of benzene rings is 2. The minimum absolute atomic E-state index is 0.203. The van der Waals surface area contributed by atoms with Crippen molar-refractivity contribution < 1.29 is 19.1 Å². The van der Waals surface area contributed by atoms with Crippen LogP contribution in [0.15, 0.2) is 41.3 Å². The molecule has 0 bridgehead atoms. The molecule has 0 aromatic heterocycles. The summed E-state index contributed by atoms with van der Waals surface area (Å²) in [5, 5.41) is 5.82. The second kappa shape index (κ2) is 9.79. The first-order valence-electron chi connectivity index (χ1n) is 8.16. The molecule has 2 aromatic carbocycles. The third kappa shape index (κ3) is 5.84. The summed E-state index contributed by atoms with van der Waals surface area (Å²) in [7, 11) is 1.51. The van der Waals surface area contributed by atoms with Crippen molar-refractivity contribution in [2.45, 2.75) is 0 Å². The van der Waals surface area contributed by atoms with Crippen molar-refractivity contribution in [1.29, 1.82) is 0 Å². The van der Waals surface area contributed by atoms with E-state index in [9.17, 15) is 9.59 Å². The van der Waals surface area contributed by atoms with Gasteiger partial charge in [-0.15, -0.1) is 0 Å². The zero-order valence-electron chi connectivity index (χ0n) is 15.0. The van der Waals surface area contributed by atoms with E-state index >= 15 is 0 Å². The lowest BCUT2D eigenvalue weighted by Crippen LogP contribution is -2.20. The molecule has 2 aromatic rings. The molecule has 0 radical (unpaired) electrons. The van der Waals surface area contributed by atoms with E-state index in [0.717, 1.165) is 9.13 Å². The lowest BCUT2D eigenvalue weighted by molar-refractivity contribution is -0.118. The van der Waals surface area contributed by atoms with E-state index < -0.39 is 0 Å². The van der Waals surface area contributed by atoms with Crippen LogP contribution >= 0.6 is 58.2 Å².